The molecule has 0 heterocycles. The summed E-state index contributed by atoms with van der Waals surface area (Å²) in [5.74, 6) is -1.66. The molecule has 0 amide bonds. The average molecular weight is 346 g/mol. The Bertz CT molecular complexity index is 643. The van der Waals surface area contributed by atoms with Crippen LogP contribution in [0.1, 0.15) is 15.9 Å². The summed E-state index contributed by atoms with van der Waals surface area (Å²) in [7, 11) is 0. The van der Waals surface area contributed by atoms with Gasteiger partial charge in [0.05, 0.1) is 0 Å². The van der Waals surface area contributed by atoms with E-state index in [4.69, 9.17) is 11.6 Å². The van der Waals surface area contributed by atoms with Crippen molar-refractivity contribution < 1.29 is 13.6 Å². The van der Waals surface area contributed by atoms with Gasteiger partial charge in [0.1, 0.15) is 11.6 Å². The highest BCUT2D eigenvalue weighted by atomic mass is 79.9. The van der Waals surface area contributed by atoms with E-state index in [1.54, 1.807) is 18.2 Å². The zero-order chi connectivity index (χ0) is 14.0. The van der Waals surface area contributed by atoms with E-state index in [2.05, 4.69) is 15.9 Å². The summed E-state index contributed by atoms with van der Waals surface area (Å²) in [6.07, 6.45) is -0.133. The minimum atomic E-state index is -0.724. The van der Waals surface area contributed by atoms with Gasteiger partial charge in [0.2, 0.25) is 0 Å². The number of halogens is 4. The Labute approximate surface area is 122 Å². The largest absolute Gasteiger partial charge is 0.294 e. The molecule has 98 valence electrons. The molecule has 0 aromatic heterocycles. The standard InChI is InChI=1S/C14H8BrClF2O/c15-12-6-9(16)2-4-11(12)14(19)5-8-1-3-10(17)7-13(8)18/h1-4,6-7H,5H2. The van der Waals surface area contributed by atoms with E-state index in [9.17, 15) is 13.6 Å². The number of carbonyl (C=O) groups excluding carboxylic acids is 1. The lowest BCUT2D eigenvalue weighted by Crippen LogP contribution is -2.06. The maximum Gasteiger partial charge on any atom is 0.168 e. The Morgan fingerprint density at radius 3 is 2.53 bits per heavy atom. The Hall–Kier alpha value is -1.26. The van der Waals surface area contributed by atoms with Gasteiger partial charge in [0, 0.05) is 27.5 Å². The number of benzene rings is 2. The summed E-state index contributed by atoms with van der Waals surface area (Å²) >= 11 is 9.01. The van der Waals surface area contributed by atoms with Crippen molar-refractivity contribution in [2.45, 2.75) is 6.42 Å². The summed E-state index contributed by atoms with van der Waals surface area (Å²) in [5, 5.41) is 0.497. The molecule has 0 saturated carbocycles. The highest BCUT2D eigenvalue weighted by molar-refractivity contribution is 9.10. The first-order valence-corrected chi connectivity index (χ1v) is 6.56. The van der Waals surface area contributed by atoms with Crippen molar-refractivity contribution >= 4 is 33.3 Å². The van der Waals surface area contributed by atoms with Crippen LogP contribution in [0.2, 0.25) is 5.02 Å². The van der Waals surface area contributed by atoms with Crippen LogP contribution >= 0.6 is 27.5 Å². The van der Waals surface area contributed by atoms with Crippen LogP contribution in [0.3, 0.4) is 0 Å². The van der Waals surface area contributed by atoms with Crippen molar-refractivity contribution in [1.29, 1.82) is 0 Å². The summed E-state index contributed by atoms with van der Waals surface area (Å²) in [6.45, 7) is 0. The minimum absolute atomic E-state index is 0.133. The highest BCUT2D eigenvalue weighted by Crippen LogP contribution is 2.23. The number of hydrogen-bond donors (Lipinski definition) is 0. The van der Waals surface area contributed by atoms with Gasteiger partial charge in [0.15, 0.2) is 5.78 Å². The van der Waals surface area contributed by atoms with Crippen LogP contribution in [0.4, 0.5) is 8.78 Å². The molecule has 0 aliphatic carbocycles. The number of rotatable bonds is 3. The Morgan fingerprint density at radius 1 is 1.16 bits per heavy atom. The number of carbonyl (C=O) groups is 1. The molecule has 0 atom stereocenters. The molecule has 0 spiro atoms. The molecular weight excluding hydrogens is 338 g/mol. The molecule has 0 aliphatic heterocycles. The van der Waals surface area contributed by atoms with E-state index in [0.717, 1.165) is 12.1 Å². The lowest BCUT2D eigenvalue weighted by atomic mass is 10.0. The highest BCUT2D eigenvalue weighted by Gasteiger charge is 2.14. The van der Waals surface area contributed by atoms with Crippen LogP contribution in [-0.4, -0.2) is 5.78 Å². The molecule has 5 heteroatoms. The molecule has 2 aromatic carbocycles. The lowest BCUT2D eigenvalue weighted by Gasteiger charge is -2.05. The summed E-state index contributed by atoms with van der Waals surface area (Å²) in [4.78, 5) is 12.0. The molecule has 0 fully saturated rings. The van der Waals surface area contributed by atoms with Crippen molar-refractivity contribution in [3.8, 4) is 0 Å². The molecule has 2 rings (SSSR count). The van der Waals surface area contributed by atoms with E-state index >= 15 is 0 Å². The van der Waals surface area contributed by atoms with Crippen LogP contribution in [-0.2, 0) is 6.42 Å². The zero-order valence-corrected chi connectivity index (χ0v) is 11.9. The van der Waals surface area contributed by atoms with E-state index in [0.29, 0.717) is 15.1 Å². The van der Waals surface area contributed by atoms with Gasteiger partial charge in [-0.1, -0.05) is 17.7 Å². The number of ketones is 1. The van der Waals surface area contributed by atoms with Gasteiger partial charge in [-0.2, -0.15) is 0 Å². The predicted molar refractivity (Wildman–Crippen MR) is 73.5 cm³/mol. The lowest BCUT2D eigenvalue weighted by molar-refractivity contribution is 0.0991. The maximum atomic E-state index is 13.5. The maximum absolute atomic E-state index is 13.5. The summed E-state index contributed by atoms with van der Waals surface area (Å²) < 4.78 is 26.8. The van der Waals surface area contributed by atoms with Gasteiger partial charge in [-0.3, -0.25) is 4.79 Å². The van der Waals surface area contributed by atoms with Crippen LogP contribution in [0.15, 0.2) is 40.9 Å². The van der Waals surface area contributed by atoms with Crippen LogP contribution < -0.4 is 0 Å². The zero-order valence-electron chi connectivity index (χ0n) is 9.59. The molecule has 0 N–H and O–H groups in total. The van der Waals surface area contributed by atoms with Gasteiger partial charge in [-0.25, -0.2) is 8.78 Å². The summed E-state index contributed by atoms with van der Waals surface area (Å²) in [5.41, 5.74) is 0.571. The Morgan fingerprint density at radius 2 is 1.89 bits per heavy atom. The third-order valence-electron chi connectivity index (χ3n) is 2.60. The average Bonchev–Trinajstić information content (AvgIpc) is 2.32. The Kier molecular flexibility index (Phi) is 4.32. The fraction of sp³-hybridized carbons (Fsp3) is 0.0714. The first kappa shape index (κ1) is 14.2. The molecule has 0 bridgehead atoms. The molecule has 2 aromatic rings. The van der Waals surface area contributed by atoms with Crippen molar-refractivity contribution in [1.82, 2.24) is 0 Å². The second kappa shape index (κ2) is 5.80. The molecule has 0 radical (unpaired) electrons. The minimum Gasteiger partial charge on any atom is -0.294 e. The topological polar surface area (TPSA) is 17.1 Å². The number of Topliss-reactive ketones (excluding diaryl/α,β-unsaturated/α-hetero) is 1. The van der Waals surface area contributed by atoms with E-state index < -0.39 is 11.6 Å². The van der Waals surface area contributed by atoms with Crippen LogP contribution in [0.5, 0.6) is 0 Å². The smallest absolute Gasteiger partial charge is 0.168 e. The second-order valence-corrected chi connectivity index (χ2v) is 5.25. The van der Waals surface area contributed by atoms with Gasteiger partial charge in [-0.05, 0) is 45.8 Å². The number of hydrogen-bond acceptors (Lipinski definition) is 1. The normalized spacial score (nSPS) is 10.5. The molecule has 1 nitrogen and oxygen atoms in total. The SMILES string of the molecule is O=C(Cc1ccc(F)cc1F)c1ccc(Cl)cc1Br. The second-order valence-electron chi connectivity index (χ2n) is 3.96. The van der Waals surface area contributed by atoms with Crippen molar-refractivity contribution in [2.24, 2.45) is 0 Å². The fourth-order valence-electron chi connectivity index (χ4n) is 1.65. The molecule has 0 aliphatic rings. The molecule has 0 unspecified atom stereocenters. The molecular formula is C14H8BrClF2O. The van der Waals surface area contributed by atoms with Crippen LogP contribution in [0.25, 0.3) is 0 Å². The van der Waals surface area contributed by atoms with Gasteiger partial charge < -0.3 is 0 Å². The first-order valence-electron chi connectivity index (χ1n) is 5.39. The van der Waals surface area contributed by atoms with E-state index in [1.807, 2.05) is 0 Å². The van der Waals surface area contributed by atoms with Gasteiger partial charge in [-0.15, -0.1) is 0 Å². The van der Waals surface area contributed by atoms with Crippen molar-refractivity contribution in [3.63, 3.8) is 0 Å². The third-order valence-corrected chi connectivity index (χ3v) is 3.49. The first-order chi connectivity index (χ1) is 8.97. The quantitative estimate of drug-likeness (QED) is 0.730. The monoisotopic (exact) mass is 344 g/mol. The summed E-state index contributed by atoms with van der Waals surface area (Å²) in [6, 6.07) is 7.90. The van der Waals surface area contributed by atoms with Gasteiger partial charge in [0.25, 0.3) is 0 Å². The predicted octanol–water partition coefficient (Wildman–Crippen LogP) is 4.81. The third kappa shape index (κ3) is 3.39. The van der Waals surface area contributed by atoms with Crippen molar-refractivity contribution in [3.05, 3.63) is 68.7 Å². The van der Waals surface area contributed by atoms with Crippen molar-refractivity contribution in [2.75, 3.05) is 0 Å². The Balaban J connectivity index is 2.25. The van der Waals surface area contributed by atoms with Gasteiger partial charge >= 0.3 is 0 Å². The van der Waals surface area contributed by atoms with Crippen LogP contribution in [0, 0.1) is 11.6 Å². The fourth-order valence-corrected chi connectivity index (χ4v) is 2.55. The molecule has 19 heavy (non-hydrogen) atoms. The van der Waals surface area contributed by atoms with E-state index in [-0.39, 0.29) is 17.8 Å². The molecule has 0 saturated heterocycles. The van der Waals surface area contributed by atoms with E-state index in [1.165, 1.54) is 6.07 Å².